The second kappa shape index (κ2) is 5.73. The first-order chi connectivity index (χ1) is 8.99. The molecule has 1 amide bonds. The average Bonchev–Trinajstić information content (AvgIpc) is 3.09. The van der Waals surface area contributed by atoms with Crippen LogP contribution in [0.4, 0.5) is 0 Å². The van der Waals surface area contributed by atoms with E-state index in [-0.39, 0.29) is 18.2 Å². The molecule has 1 saturated carbocycles. The molecule has 1 aliphatic carbocycles. The van der Waals surface area contributed by atoms with Crippen LogP contribution in [-0.2, 0) is 4.79 Å². The van der Waals surface area contributed by atoms with Crippen LogP contribution in [0.1, 0.15) is 48.3 Å². The summed E-state index contributed by atoms with van der Waals surface area (Å²) < 4.78 is 0.721. The summed E-state index contributed by atoms with van der Waals surface area (Å²) in [6.07, 6.45) is 2.28. The predicted molar refractivity (Wildman–Crippen MR) is 72.0 cm³/mol. The van der Waals surface area contributed by atoms with E-state index < -0.39 is 5.97 Å². The zero-order chi connectivity index (χ0) is 14.0. The van der Waals surface area contributed by atoms with E-state index in [4.69, 9.17) is 5.11 Å². The van der Waals surface area contributed by atoms with Gasteiger partial charge in [-0.05, 0) is 34.7 Å². The van der Waals surface area contributed by atoms with Gasteiger partial charge in [-0.15, -0.1) is 0 Å². The number of aliphatic carboxylic acids is 1. The molecule has 7 heteroatoms. The summed E-state index contributed by atoms with van der Waals surface area (Å²) in [5.41, 5.74) is 1.31. The SMILES string of the molecule is CC(CNC(=O)c1n[nH]c(C2CC2)c1Br)CC(=O)O. The van der Waals surface area contributed by atoms with E-state index in [1.807, 2.05) is 0 Å². The molecule has 1 aromatic rings. The Kier molecular flexibility index (Phi) is 4.24. The van der Waals surface area contributed by atoms with Crippen molar-refractivity contribution in [2.45, 2.75) is 32.1 Å². The van der Waals surface area contributed by atoms with Gasteiger partial charge in [0.25, 0.3) is 5.91 Å². The number of H-pyrrole nitrogens is 1. The molecular formula is C12H16BrN3O3. The third-order valence-electron chi connectivity index (χ3n) is 3.07. The molecule has 0 radical (unpaired) electrons. The molecule has 1 atom stereocenters. The summed E-state index contributed by atoms with van der Waals surface area (Å²) in [5, 5.41) is 18.2. The van der Waals surface area contributed by atoms with Gasteiger partial charge in [-0.3, -0.25) is 14.7 Å². The quantitative estimate of drug-likeness (QED) is 0.742. The summed E-state index contributed by atoms with van der Waals surface area (Å²) in [6.45, 7) is 2.10. The fraction of sp³-hybridized carbons (Fsp3) is 0.583. The topological polar surface area (TPSA) is 95.1 Å². The Balaban J connectivity index is 1.91. The van der Waals surface area contributed by atoms with E-state index in [1.54, 1.807) is 6.92 Å². The Morgan fingerprint density at radius 3 is 2.84 bits per heavy atom. The number of hydrogen-bond acceptors (Lipinski definition) is 3. The molecule has 19 heavy (non-hydrogen) atoms. The highest BCUT2D eigenvalue weighted by Gasteiger charge is 2.30. The zero-order valence-electron chi connectivity index (χ0n) is 10.6. The minimum Gasteiger partial charge on any atom is -0.481 e. The van der Waals surface area contributed by atoms with E-state index >= 15 is 0 Å². The molecular weight excluding hydrogens is 314 g/mol. The molecule has 0 aliphatic heterocycles. The highest BCUT2D eigenvalue weighted by atomic mass is 79.9. The molecule has 104 valence electrons. The van der Waals surface area contributed by atoms with Crippen LogP contribution in [0.3, 0.4) is 0 Å². The van der Waals surface area contributed by atoms with E-state index in [1.165, 1.54) is 0 Å². The van der Waals surface area contributed by atoms with Gasteiger partial charge in [0.15, 0.2) is 5.69 Å². The fourth-order valence-electron chi connectivity index (χ4n) is 1.86. The van der Waals surface area contributed by atoms with Crippen LogP contribution in [-0.4, -0.2) is 33.7 Å². The summed E-state index contributed by atoms with van der Waals surface area (Å²) in [4.78, 5) is 22.5. The standard InChI is InChI=1S/C12H16BrN3O3/c1-6(4-8(17)18)5-14-12(19)11-9(13)10(15-16-11)7-2-3-7/h6-7H,2-5H2,1H3,(H,14,19)(H,15,16)(H,17,18). The van der Waals surface area contributed by atoms with Crippen LogP contribution in [0.5, 0.6) is 0 Å². The summed E-state index contributed by atoms with van der Waals surface area (Å²) in [6, 6.07) is 0. The number of hydrogen-bond donors (Lipinski definition) is 3. The van der Waals surface area contributed by atoms with Crippen molar-refractivity contribution in [3.63, 3.8) is 0 Å². The molecule has 0 bridgehead atoms. The number of carboxylic acid groups (broad SMARTS) is 1. The Bertz CT molecular complexity index is 496. The smallest absolute Gasteiger partial charge is 0.303 e. The normalized spacial score (nSPS) is 16.1. The van der Waals surface area contributed by atoms with Crippen molar-refractivity contribution in [2.24, 2.45) is 5.92 Å². The highest BCUT2D eigenvalue weighted by molar-refractivity contribution is 9.10. The van der Waals surface area contributed by atoms with Crippen molar-refractivity contribution in [2.75, 3.05) is 6.54 Å². The van der Waals surface area contributed by atoms with Crippen molar-refractivity contribution >= 4 is 27.8 Å². The Morgan fingerprint density at radius 1 is 1.58 bits per heavy atom. The summed E-state index contributed by atoms with van der Waals surface area (Å²) in [7, 11) is 0. The summed E-state index contributed by atoms with van der Waals surface area (Å²) in [5.74, 6) is -0.776. The van der Waals surface area contributed by atoms with Gasteiger partial charge in [0, 0.05) is 18.9 Å². The maximum absolute atomic E-state index is 11.9. The van der Waals surface area contributed by atoms with Crippen LogP contribution >= 0.6 is 15.9 Å². The van der Waals surface area contributed by atoms with Crippen LogP contribution < -0.4 is 5.32 Å². The lowest BCUT2D eigenvalue weighted by Gasteiger charge is -2.09. The van der Waals surface area contributed by atoms with E-state index in [9.17, 15) is 9.59 Å². The number of carbonyl (C=O) groups excluding carboxylic acids is 1. The molecule has 0 spiro atoms. The average molecular weight is 330 g/mol. The first-order valence-electron chi connectivity index (χ1n) is 6.22. The molecule has 1 aromatic heterocycles. The first-order valence-corrected chi connectivity index (χ1v) is 7.02. The molecule has 1 aliphatic rings. The number of rotatable bonds is 6. The van der Waals surface area contributed by atoms with Gasteiger partial charge < -0.3 is 10.4 Å². The lowest BCUT2D eigenvalue weighted by molar-refractivity contribution is -0.137. The van der Waals surface area contributed by atoms with Crippen molar-refractivity contribution in [3.8, 4) is 0 Å². The fourth-order valence-corrected chi connectivity index (χ4v) is 2.54. The Labute approximate surface area is 119 Å². The highest BCUT2D eigenvalue weighted by Crippen LogP contribution is 2.42. The molecule has 2 rings (SSSR count). The maximum atomic E-state index is 11.9. The molecule has 1 unspecified atom stereocenters. The maximum Gasteiger partial charge on any atom is 0.303 e. The van der Waals surface area contributed by atoms with Crippen molar-refractivity contribution in [3.05, 3.63) is 15.9 Å². The number of carbonyl (C=O) groups is 2. The van der Waals surface area contributed by atoms with Gasteiger partial charge in [-0.25, -0.2) is 0 Å². The largest absolute Gasteiger partial charge is 0.481 e. The van der Waals surface area contributed by atoms with Gasteiger partial charge >= 0.3 is 5.97 Å². The van der Waals surface area contributed by atoms with Crippen LogP contribution in [0.25, 0.3) is 0 Å². The van der Waals surface area contributed by atoms with E-state index in [0.717, 1.165) is 23.0 Å². The summed E-state index contributed by atoms with van der Waals surface area (Å²) >= 11 is 3.39. The zero-order valence-corrected chi connectivity index (χ0v) is 12.2. The molecule has 0 saturated heterocycles. The number of aromatic nitrogens is 2. The third kappa shape index (κ3) is 3.56. The lowest BCUT2D eigenvalue weighted by Crippen LogP contribution is -2.29. The number of nitrogens with zero attached hydrogens (tertiary/aromatic N) is 1. The van der Waals surface area contributed by atoms with Crippen molar-refractivity contribution in [1.82, 2.24) is 15.5 Å². The minimum absolute atomic E-state index is 0.0370. The second-order valence-corrected chi connectivity index (χ2v) is 5.78. The molecule has 0 aromatic carbocycles. The number of halogens is 1. The van der Waals surface area contributed by atoms with Crippen LogP contribution in [0.15, 0.2) is 4.47 Å². The Hall–Kier alpha value is -1.37. The molecule has 6 nitrogen and oxygen atoms in total. The van der Waals surface area contributed by atoms with E-state index in [0.29, 0.717) is 18.2 Å². The molecule has 1 heterocycles. The van der Waals surface area contributed by atoms with Gasteiger partial charge in [-0.2, -0.15) is 5.10 Å². The van der Waals surface area contributed by atoms with Gasteiger partial charge in [0.1, 0.15) is 0 Å². The van der Waals surface area contributed by atoms with Crippen LogP contribution in [0, 0.1) is 5.92 Å². The third-order valence-corrected chi connectivity index (χ3v) is 3.87. The Morgan fingerprint density at radius 2 is 2.26 bits per heavy atom. The second-order valence-electron chi connectivity index (χ2n) is 4.99. The van der Waals surface area contributed by atoms with Gasteiger partial charge in [0.05, 0.1) is 10.2 Å². The monoisotopic (exact) mass is 329 g/mol. The molecule has 1 fully saturated rings. The number of carboxylic acids is 1. The predicted octanol–water partition coefficient (Wildman–Crippen LogP) is 1.89. The van der Waals surface area contributed by atoms with Crippen molar-refractivity contribution in [1.29, 1.82) is 0 Å². The van der Waals surface area contributed by atoms with Crippen molar-refractivity contribution < 1.29 is 14.7 Å². The van der Waals surface area contributed by atoms with E-state index in [2.05, 4.69) is 31.4 Å². The van der Waals surface area contributed by atoms with Gasteiger partial charge in [0.2, 0.25) is 0 Å². The molecule has 3 N–H and O–H groups in total. The minimum atomic E-state index is -0.862. The van der Waals surface area contributed by atoms with Crippen LogP contribution in [0.2, 0.25) is 0 Å². The lowest BCUT2D eigenvalue weighted by atomic mass is 10.1. The number of nitrogens with one attached hydrogen (secondary N) is 2. The number of aromatic amines is 1. The first kappa shape index (κ1) is 14.0. The number of amides is 1. The van der Waals surface area contributed by atoms with Gasteiger partial charge in [-0.1, -0.05) is 6.92 Å².